The number of imidazole rings is 1. The summed E-state index contributed by atoms with van der Waals surface area (Å²) < 4.78 is 12.5. The van der Waals surface area contributed by atoms with Gasteiger partial charge in [0.1, 0.15) is 31.0 Å². The third kappa shape index (κ3) is 4.53. The van der Waals surface area contributed by atoms with E-state index in [4.69, 9.17) is 26.8 Å². The molecular weight excluding hydrogens is 440 g/mol. The first-order valence-corrected chi connectivity index (χ1v) is 11.2. The van der Waals surface area contributed by atoms with E-state index in [2.05, 4.69) is 20.3 Å². The van der Waals surface area contributed by atoms with Crippen LogP contribution in [0.2, 0.25) is 5.28 Å². The molecule has 1 saturated carbocycles. The lowest BCUT2D eigenvalue weighted by Crippen LogP contribution is -2.40. The van der Waals surface area contributed by atoms with Gasteiger partial charge in [0.15, 0.2) is 23.2 Å². The first-order chi connectivity index (χ1) is 15.3. The third-order valence-electron chi connectivity index (χ3n) is 6.08. The molecule has 0 amide bonds. The highest BCUT2D eigenvalue weighted by Crippen LogP contribution is 2.33. The number of halogens is 1. The number of nitrogens with two attached hydrogens (primary N) is 1. The van der Waals surface area contributed by atoms with Crippen LogP contribution in [0.1, 0.15) is 45.8 Å². The number of hydrogen-bond donors (Lipinski definition) is 4. The van der Waals surface area contributed by atoms with Gasteiger partial charge in [-0.3, -0.25) is 9.36 Å². The van der Waals surface area contributed by atoms with E-state index in [1.165, 1.54) is 10.9 Å². The van der Waals surface area contributed by atoms with Crippen LogP contribution >= 0.6 is 11.6 Å². The monoisotopic (exact) mass is 468 g/mol. The predicted octanol–water partition coefficient (Wildman–Crippen LogP) is 0.980. The maximum atomic E-state index is 12.0. The molecule has 2 aromatic rings. The zero-order valence-corrected chi connectivity index (χ0v) is 18.8. The highest BCUT2D eigenvalue weighted by molar-refractivity contribution is 6.28. The maximum Gasteiger partial charge on any atom is 0.323 e. The van der Waals surface area contributed by atoms with Crippen molar-refractivity contribution in [3.05, 3.63) is 11.6 Å². The van der Waals surface area contributed by atoms with Crippen molar-refractivity contribution in [1.82, 2.24) is 19.5 Å². The van der Waals surface area contributed by atoms with E-state index in [0.29, 0.717) is 23.0 Å². The smallest absolute Gasteiger partial charge is 0.323 e. The molecule has 176 valence electrons. The van der Waals surface area contributed by atoms with Crippen LogP contribution in [0.25, 0.3) is 11.2 Å². The number of carbonyl (C=O) groups is 1. The number of rotatable bonds is 7. The Balaban J connectivity index is 1.52. The summed E-state index contributed by atoms with van der Waals surface area (Å²) in [5.41, 5.74) is 6.64. The van der Waals surface area contributed by atoms with Gasteiger partial charge in [-0.15, -0.1) is 0 Å². The second kappa shape index (κ2) is 9.44. The third-order valence-corrected chi connectivity index (χ3v) is 6.25. The Morgan fingerprint density at radius 1 is 1.34 bits per heavy atom. The maximum absolute atomic E-state index is 12.0. The Morgan fingerprint density at radius 3 is 2.75 bits per heavy atom. The topological polar surface area (TPSA) is 158 Å². The largest absolute Gasteiger partial charge is 0.462 e. The highest BCUT2D eigenvalue weighted by Gasteiger charge is 2.45. The minimum absolute atomic E-state index is 0.0286. The molecule has 5 atom stereocenters. The number of ether oxygens (including phenoxy) is 2. The van der Waals surface area contributed by atoms with Gasteiger partial charge in [0, 0.05) is 6.04 Å². The van der Waals surface area contributed by atoms with Gasteiger partial charge in [0.05, 0.1) is 6.33 Å². The summed E-state index contributed by atoms with van der Waals surface area (Å²) >= 11 is 6.15. The summed E-state index contributed by atoms with van der Waals surface area (Å²) in [4.78, 5) is 25.0. The lowest BCUT2D eigenvalue weighted by atomic mass is 10.1. The Hall–Kier alpha value is -2.05. The van der Waals surface area contributed by atoms with Crippen LogP contribution in [0, 0.1) is 5.92 Å². The van der Waals surface area contributed by atoms with Gasteiger partial charge in [-0.2, -0.15) is 9.97 Å². The van der Waals surface area contributed by atoms with Gasteiger partial charge in [-0.1, -0.05) is 26.7 Å². The predicted molar refractivity (Wildman–Crippen MR) is 116 cm³/mol. The number of anilines is 1. The van der Waals surface area contributed by atoms with E-state index in [1.807, 2.05) is 0 Å². The number of nitrogens with one attached hydrogen (secondary N) is 1. The molecule has 4 rings (SSSR count). The zero-order valence-electron chi connectivity index (χ0n) is 18.0. The summed E-state index contributed by atoms with van der Waals surface area (Å²) in [5, 5.41) is 24.5. The van der Waals surface area contributed by atoms with Crippen molar-refractivity contribution in [3.63, 3.8) is 0 Å². The van der Waals surface area contributed by atoms with Crippen molar-refractivity contribution in [2.24, 2.45) is 11.7 Å². The number of aromatic nitrogens is 4. The normalized spacial score (nSPS) is 27.3. The summed E-state index contributed by atoms with van der Waals surface area (Å²) in [6.07, 6.45) is 1.34. The number of nitrogens with zero attached hydrogens (tertiary/aromatic N) is 4. The molecule has 0 spiro atoms. The van der Waals surface area contributed by atoms with E-state index < -0.39 is 36.6 Å². The van der Waals surface area contributed by atoms with Crippen LogP contribution in [0.15, 0.2) is 6.33 Å². The Morgan fingerprint density at radius 2 is 2.06 bits per heavy atom. The van der Waals surface area contributed by atoms with Crippen LogP contribution in [0.5, 0.6) is 0 Å². The first kappa shape index (κ1) is 23.1. The standard InChI is InChI=1S/C20H29ClN6O5/c1-9(2)12(22)19(30)31-7-11-14(28)15(29)18(32-11)27-8-23-13-16(24-10-5-3-4-6-10)25-20(21)26-17(13)27/h8-12,14-15,18,28-29H,3-7,22H2,1-2H3,(H,24,25,26)/t11-,12+,14-,15-,18-/m1/s1. The van der Waals surface area contributed by atoms with Crippen LogP contribution < -0.4 is 11.1 Å². The van der Waals surface area contributed by atoms with Gasteiger partial charge < -0.3 is 30.7 Å². The van der Waals surface area contributed by atoms with Gasteiger partial charge in [0.25, 0.3) is 0 Å². The van der Waals surface area contributed by atoms with Crippen LogP contribution in [-0.2, 0) is 14.3 Å². The Kier molecular flexibility index (Phi) is 6.82. The molecule has 0 radical (unpaired) electrons. The molecule has 3 heterocycles. The van der Waals surface area contributed by atoms with Crippen LogP contribution in [0.4, 0.5) is 5.82 Å². The van der Waals surface area contributed by atoms with Crippen molar-refractivity contribution in [3.8, 4) is 0 Å². The van der Waals surface area contributed by atoms with Crippen molar-refractivity contribution < 1.29 is 24.5 Å². The van der Waals surface area contributed by atoms with Crippen molar-refractivity contribution in [2.45, 2.75) is 76.2 Å². The molecule has 1 saturated heterocycles. The van der Waals surface area contributed by atoms with Gasteiger partial charge in [-0.25, -0.2) is 4.98 Å². The fourth-order valence-electron chi connectivity index (χ4n) is 4.07. The number of carbonyl (C=O) groups excluding carboxylic acids is 1. The Labute approximate surface area is 190 Å². The fraction of sp³-hybridized carbons (Fsp3) is 0.700. The fourth-order valence-corrected chi connectivity index (χ4v) is 4.23. The van der Waals surface area contributed by atoms with Gasteiger partial charge in [-0.05, 0) is 30.4 Å². The second-order valence-electron chi connectivity index (χ2n) is 8.74. The second-order valence-corrected chi connectivity index (χ2v) is 9.08. The zero-order chi connectivity index (χ0) is 23.0. The molecule has 11 nitrogen and oxygen atoms in total. The minimum atomic E-state index is -1.30. The summed E-state index contributed by atoms with van der Waals surface area (Å²) in [7, 11) is 0. The molecule has 1 aliphatic heterocycles. The molecule has 1 aliphatic carbocycles. The number of fused-ring (bicyclic) bond motifs is 1. The lowest BCUT2D eigenvalue weighted by Gasteiger charge is -2.18. The van der Waals surface area contributed by atoms with Crippen molar-refractivity contribution >= 4 is 34.6 Å². The molecule has 32 heavy (non-hydrogen) atoms. The molecule has 2 aliphatic rings. The minimum Gasteiger partial charge on any atom is -0.462 e. The number of hydrogen-bond acceptors (Lipinski definition) is 10. The van der Waals surface area contributed by atoms with Crippen LogP contribution in [-0.4, -0.2) is 72.7 Å². The number of esters is 1. The van der Waals surface area contributed by atoms with Gasteiger partial charge in [0.2, 0.25) is 5.28 Å². The summed E-state index contributed by atoms with van der Waals surface area (Å²) in [6, 6.07) is -0.489. The molecule has 2 fully saturated rings. The lowest BCUT2D eigenvalue weighted by molar-refractivity contribution is -0.152. The van der Waals surface area contributed by atoms with E-state index >= 15 is 0 Å². The van der Waals surface area contributed by atoms with Gasteiger partial charge >= 0.3 is 5.97 Å². The molecule has 0 bridgehead atoms. The SMILES string of the molecule is CC(C)[C@H](N)C(=O)OC[C@H]1O[C@@H](n2cnc3c(NC4CCCC4)nc(Cl)nc32)[C@H](O)[C@@H]1O. The number of aliphatic hydroxyl groups excluding tert-OH is 2. The molecular formula is C20H29ClN6O5. The van der Waals surface area contributed by atoms with E-state index in [1.54, 1.807) is 13.8 Å². The van der Waals surface area contributed by atoms with Crippen LogP contribution in [0.3, 0.4) is 0 Å². The quantitative estimate of drug-likeness (QED) is 0.341. The molecule has 0 aromatic carbocycles. The van der Waals surface area contributed by atoms with E-state index in [0.717, 1.165) is 25.7 Å². The summed E-state index contributed by atoms with van der Waals surface area (Å²) in [5.74, 6) is -0.167. The molecule has 2 aromatic heterocycles. The Bertz CT molecular complexity index is 965. The van der Waals surface area contributed by atoms with Crippen molar-refractivity contribution in [2.75, 3.05) is 11.9 Å². The van der Waals surface area contributed by atoms with E-state index in [-0.39, 0.29) is 17.8 Å². The van der Waals surface area contributed by atoms with E-state index in [9.17, 15) is 15.0 Å². The summed E-state index contributed by atoms with van der Waals surface area (Å²) in [6.45, 7) is 3.37. The molecule has 12 heteroatoms. The van der Waals surface area contributed by atoms with Crippen molar-refractivity contribution in [1.29, 1.82) is 0 Å². The average molecular weight is 469 g/mol. The first-order valence-electron chi connectivity index (χ1n) is 10.9. The highest BCUT2D eigenvalue weighted by atomic mass is 35.5. The average Bonchev–Trinajstić information content (AvgIpc) is 3.47. The molecule has 5 N–H and O–H groups in total. The molecule has 0 unspecified atom stereocenters. The number of aliphatic hydroxyl groups is 2.